The van der Waals surface area contributed by atoms with E-state index in [2.05, 4.69) is 28.8 Å². The molecule has 0 amide bonds. The molecule has 0 radical (unpaired) electrons. The van der Waals surface area contributed by atoms with Gasteiger partial charge in [-0.2, -0.15) is 11.8 Å². The highest BCUT2D eigenvalue weighted by molar-refractivity contribution is 14.0. The summed E-state index contributed by atoms with van der Waals surface area (Å²) in [5, 5.41) is 6.89. The topological polar surface area (TPSA) is 54.9 Å². The molecule has 2 fully saturated rings. The van der Waals surface area contributed by atoms with Gasteiger partial charge in [-0.3, -0.25) is 4.99 Å². The van der Waals surface area contributed by atoms with Crippen molar-refractivity contribution in [2.75, 3.05) is 46.2 Å². The Morgan fingerprint density at radius 1 is 1.14 bits per heavy atom. The molecule has 0 bridgehead atoms. The summed E-state index contributed by atoms with van der Waals surface area (Å²) >= 11 is 1.94. The smallest absolute Gasteiger partial charge is 0.191 e. The first-order valence-electron chi connectivity index (χ1n) is 7.83. The molecule has 0 aromatic heterocycles. The van der Waals surface area contributed by atoms with Gasteiger partial charge in [-0.1, -0.05) is 0 Å². The highest BCUT2D eigenvalue weighted by Crippen LogP contribution is 2.33. The van der Waals surface area contributed by atoms with Gasteiger partial charge in [0.15, 0.2) is 5.96 Å². The number of ether oxygens (including phenoxy) is 2. The van der Waals surface area contributed by atoms with Crippen molar-refractivity contribution in [2.45, 2.75) is 43.0 Å². The molecule has 0 spiro atoms. The Balaban J connectivity index is 0.00000242. The van der Waals surface area contributed by atoms with Crippen LogP contribution in [-0.2, 0) is 9.47 Å². The minimum atomic E-state index is -0.0481. The second-order valence-electron chi connectivity index (χ2n) is 6.18. The number of hydrogen-bond acceptors (Lipinski definition) is 4. The number of rotatable bonds is 5. The average Bonchev–Trinajstić information content (AvgIpc) is 2.95. The number of aliphatic imine (C=N–C) groups is 1. The maximum atomic E-state index is 5.80. The zero-order chi connectivity index (χ0) is 15.2. The van der Waals surface area contributed by atoms with Gasteiger partial charge >= 0.3 is 0 Å². The predicted molar refractivity (Wildman–Crippen MR) is 105 cm³/mol. The van der Waals surface area contributed by atoms with Crippen LogP contribution in [0.15, 0.2) is 4.99 Å². The van der Waals surface area contributed by atoms with E-state index in [4.69, 9.17) is 9.47 Å². The van der Waals surface area contributed by atoms with Gasteiger partial charge in [-0.25, -0.2) is 0 Å². The van der Waals surface area contributed by atoms with E-state index in [0.717, 1.165) is 64.6 Å². The SMILES string of the molecule is CN=C(NCC1(C)CCCO1)NCC1(SC)CCOCC1.I. The van der Waals surface area contributed by atoms with Crippen LogP contribution in [0.3, 0.4) is 0 Å². The number of guanidine groups is 1. The lowest BCUT2D eigenvalue weighted by Crippen LogP contribution is -2.50. The minimum Gasteiger partial charge on any atom is -0.381 e. The third-order valence-electron chi connectivity index (χ3n) is 4.57. The standard InChI is InChI=1S/C15H29N3O2S.HI/c1-14(5-4-8-20-14)11-17-13(16-2)18-12-15(21-3)6-9-19-10-7-15;/h4-12H2,1-3H3,(H2,16,17,18);1H. The Hall–Kier alpha value is 0.270. The van der Waals surface area contributed by atoms with Gasteiger partial charge in [0.2, 0.25) is 0 Å². The fraction of sp³-hybridized carbons (Fsp3) is 0.933. The molecule has 2 N–H and O–H groups in total. The molecule has 5 nitrogen and oxygen atoms in total. The van der Waals surface area contributed by atoms with E-state index in [0.29, 0.717) is 0 Å². The molecule has 2 aliphatic rings. The van der Waals surface area contributed by atoms with Crippen LogP contribution in [0.1, 0.15) is 32.6 Å². The van der Waals surface area contributed by atoms with Gasteiger partial charge in [0.05, 0.1) is 5.60 Å². The summed E-state index contributed by atoms with van der Waals surface area (Å²) < 4.78 is 11.6. The van der Waals surface area contributed by atoms with Gasteiger partial charge in [-0.15, -0.1) is 24.0 Å². The lowest BCUT2D eigenvalue weighted by molar-refractivity contribution is 0.0242. The Kier molecular flexibility index (Phi) is 8.81. The first kappa shape index (κ1) is 20.3. The quantitative estimate of drug-likeness (QED) is 0.388. The second kappa shape index (κ2) is 9.54. The number of nitrogens with zero attached hydrogens (tertiary/aromatic N) is 1. The maximum absolute atomic E-state index is 5.80. The Morgan fingerprint density at radius 2 is 1.82 bits per heavy atom. The van der Waals surface area contributed by atoms with Crippen LogP contribution in [0, 0.1) is 0 Å². The summed E-state index contributed by atoms with van der Waals surface area (Å²) in [6.45, 7) is 6.50. The van der Waals surface area contributed by atoms with Crippen molar-refractivity contribution in [3.8, 4) is 0 Å². The van der Waals surface area contributed by atoms with Crippen LogP contribution < -0.4 is 10.6 Å². The minimum absolute atomic E-state index is 0. The van der Waals surface area contributed by atoms with Crippen molar-refractivity contribution in [3.63, 3.8) is 0 Å². The lowest BCUT2D eigenvalue weighted by Gasteiger charge is -2.36. The monoisotopic (exact) mass is 443 g/mol. The summed E-state index contributed by atoms with van der Waals surface area (Å²) in [5.74, 6) is 0.867. The summed E-state index contributed by atoms with van der Waals surface area (Å²) in [5.41, 5.74) is -0.0481. The van der Waals surface area contributed by atoms with Crippen LogP contribution in [0.5, 0.6) is 0 Å². The van der Waals surface area contributed by atoms with Crippen molar-refractivity contribution in [2.24, 2.45) is 4.99 Å². The molecule has 0 aromatic rings. The zero-order valence-electron chi connectivity index (χ0n) is 13.9. The zero-order valence-corrected chi connectivity index (χ0v) is 17.1. The molecule has 130 valence electrons. The van der Waals surface area contributed by atoms with Crippen LogP contribution in [0.2, 0.25) is 0 Å². The molecule has 2 rings (SSSR count). The van der Waals surface area contributed by atoms with Crippen molar-refractivity contribution in [3.05, 3.63) is 0 Å². The first-order valence-corrected chi connectivity index (χ1v) is 9.05. The fourth-order valence-electron chi connectivity index (χ4n) is 2.91. The highest BCUT2D eigenvalue weighted by Gasteiger charge is 2.32. The average molecular weight is 443 g/mol. The van der Waals surface area contributed by atoms with Crippen molar-refractivity contribution in [1.82, 2.24) is 10.6 Å². The summed E-state index contributed by atoms with van der Waals surface area (Å²) in [7, 11) is 1.82. The lowest BCUT2D eigenvalue weighted by atomic mass is 9.99. The maximum Gasteiger partial charge on any atom is 0.191 e. The Bertz CT molecular complexity index is 357. The summed E-state index contributed by atoms with van der Waals surface area (Å²) in [4.78, 5) is 4.33. The fourth-order valence-corrected chi connectivity index (χ4v) is 3.70. The van der Waals surface area contributed by atoms with E-state index < -0.39 is 0 Å². The van der Waals surface area contributed by atoms with Gasteiger partial charge in [0.25, 0.3) is 0 Å². The molecule has 2 aliphatic heterocycles. The van der Waals surface area contributed by atoms with Gasteiger partial charge in [0, 0.05) is 44.7 Å². The normalized spacial score (nSPS) is 28.0. The van der Waals surface area contributed by atoms with E-state index in [9.17, 15) is 0 Å². The van der Waals surface area contributed by atoms with Gasteiger partial charge < -0.3 is 20.1 Å². The van der Waals surface area contributed by atoms with Crippen LogP contribution in [0.4, 0.5) is 0 Å². The number of hydrogen-bond donors (Lipinski definition) is 2. The number of halogens is 1. The second-order valence-corrected chi connectivity index (χ2v) is 7.46. The molecule has 1 atom stereocenters. The molecular formula is C15H30IN3O2S. The molecular weight excluding hydrogens is 413 g/mol. The van der Waals surface area contributed by atoms with Gasteiger partial charge in [0.1, 0.15) is 0 Å². The molecule has 2 saturated heterocycles. The molecule has 2 heterocycles. The van der Waals surface area contributed by atoms with Crippen LogP contribution in [-0.4, -0.2) is 62.5 Å². The molecule has 1 unspecified atom stereocenters. The Labute approximate surface area is 155 Å². The molecule has 0 saturated carbocycles. The van der Waals surface area contributed by atoms with Crippen LogP contribution >= 0.6 is 35.7 Å². The van der Waals surface area contributed by atoms with Crippen molar-refractivity contribution in [1.29, 1.82) is 0 Å². The number of thioether (sulfide) groups is 1. The molecule has 7 heteroatoms. The van der Waals surface area contributed by atoms with Crippen molar-refractivity contribution >= 4 is 41.7 Å². The predicted octanol–water partition coefficient (Wildman–Crippen LogP) is 2.25. The largest absolute Gasteiger partial charge is 0.381 e. The number of nitrogens with one attached hydrogen (secondary N) is 2. The molecule has 22 heavy (non-hydrogen) atoms. The molecule has 0 aromatic carbocycles. The highest BCUT2D eigenvalue weighted by atomic mass is 127. The van der Waals surface area contributed by atoms with Gasteiger partial charge in [-0.05, 0) is 38.9 Å². The third kappa shape index (κ3) is 5.72. The summed E-state index contributed by atoms with van der Waals surface area (Å²) in [6.07, 6.45) is 6.65. The Morgan fingerprint density at radius 3 is 2.36 bits per heavy atom. The van der Waals surface area contributed by atoms with Crippen LogP contribution in [0.25, 0.3) is 0 Å². The van der Waals surface area contributed by atoms with E-state index in [1.807, 2.05) is 18.8 Å². The first-order chi connectivity index (χ1) is 10.1. The van der Waals surface area contributed by atoms with Crippen molar-refractivity contribution < 1.29 is 9.47 Å². The summed E-state index contributed by atoms with van der Waals surface area (Å²) in [6, 6.07) is 0. The van der Waals surface area contributed by atoms with E-state index in [1.165, 1.54) is 0 Å². The third-order valence-corrected chi connectivity index (χ3v) is 5.99. The van der Waals surface area contributed by atoms with E-state index >= 15 is 0 Å². The van der Waals surface area contributed by atoms with E-state index in [1.54, 1.807) is 0 Å². The molecule has 0 aliphatic carbocycles. The van der Waals surface area contributed by atoms with E-state index in [-0.39, 0.29) is 34.3 Å².